The zero-order valence-electron chi connectivity index (χ0n) is 23.0. The fraction of sp³-hybridized carbons (Fsp3) is 0.481. The number of sulfonamides is 1. The summed E-state index contributed by atoms with van der Waals surface area (Å²) in [7, 11) is -3.89. The monoisotopic (exact) mass is 594 g/mol. The molecule has 0 aliphatic carbocycles. The van der Waals surface area contributed by atoms with Crippen molar-refractivity contribution < 1.29 is 41.8 Å². The van der Waals surface area contributed by atoms with Gasteiger partial charge in [-0.05, 0) is 58.2 Å². The van der Waals surface area contributed by atoms with Gasteiger partial charge in [0, 0.05) is 18.7 Å². The molecule has 0 atom stereocenters. The number of benzene rings is 1. The molecule has 0 unspecified atom stereocenters. The van der Waals surface area contributed by atoms with Gasteiger partial charge in [0.1, 0.15) is 9.88 Å². The van der Waals surface area contributed by atoms with Gasteiger partial charge in [-0.2, -0.15) is 4.31 Å². The van der Waals surface area contributed by atoms with Crippen LogP contribution >= 0.6 is 11.3 Å². The van der Waals surface area contributed by atoms with Crippen molar-refractivity contribution in [3.05, 3.63) is 45.8 Å². The average Bonchev–Trinajstić information content (AvgIpc) is 3.28. The van der Waals surface area contributed by atoms with Crippen molar-refractivity contribution in [2.24, 2.45) is 5.92 Å². The van der Waals surface area contributed by atoms with Crippen molar-refractivity contribution in [2.75, 3.05) is 44.8 Å². The number of hydrogen-bond donors (Lipinski definition) is 1. The number of carbonyl (C=O) groups is 4. The van der Waals surface area contributed by atoms with Crippen LogP contribution in [-0.2, 0) is 29.0 Å². The SMILES string of the molecule is CCOC(=O)c1sc(NCC(=O)c2cccc(S(=O)(=O)N3CCC(C(=O)OCC)CC3)c2)c(C(=O)OCC)c1C. The number of Topliss-reactive ketones (excluding diaryl/α,β-unsaturated/α-hetero) is 1. The number of ether oxygens (including phenoxy) is 3. The lowest BCUT2D eigenvalue weighted by atomic mass is 9.98. The van der Waals surface area contributed by atoms with E-state index in [4.69, 9.17) is 14.2 Å². The van der Waals surface area contributed by atoms with Gasteiger partial charge in [-0.15, -0.1) is 11.3 Å². The summed E-state index contributed by atoms with van der Waals surface area (Å²) in [6, 6.07) is 5.73. The van der Waals surface area contributed by atoms with Gasteiger partial charge in [0.25, 0.3) is 0 Å². The number of nitrogens with one attached hydrogen (secondary N) is 1. The predicted octanol–water partition coefficient (Wildman–Crippen LogP) is 3.67. The van der Waals surface area contributed by atoms with E-state index in [2.05, 4.69) is 5.32 Å². The van der Waals surface area contributed by atoms with Crippen molar-refractivity contribution >= 4 is 50.1 Å². The number of piperidine rings is 1. The van der Waals surface area contributed by atoms with Gasteiger partial charge in [0.15, 0.2) is 5.78 Å². The number of thiophene rings is 1. The standard InChI is InChI=1S/C27H34N2O9S2/c1-5-36-25(31)18-11-13-29(14-12-18)40(34,35)20-10-8-9-19(15-20)21(30)16-28-24-22(26(32)37-6-2)17(4)23(39-24)27(33)38-7-3/h8-10,15,18,28H,5-7,11-14,16H2,1-4H3. The molecular formula is C27H34N2O9S2. The quantitative estimate of drug-likeness (QED) is 0.219. The molecule has 1 aromatic carbocycles. The molecule has 1 N–H and O–H groups in total. The fourth-order valence-corrected chi connectivity index (χ4v) is 6.91. The number of esters is 3. The molecule has 0 radical (unpaired) electrons. The van der Waals surface area contributed by atoms with E-state index in [0.29, 0.717) is 18.4 Å². The third kappa shape index (κ3) is 7.07. The number of hydrogen-bond acceptors (Lipinski definition) is 11. The second-order valence-corrected chi connectivity index (χ2v) is 11.9. The minimum absolute atomic E-state index is 0.0308. The molecule has 40 heavy (non-hydrogen) atoms. The molecule has 218 valence electrons. The highest BCUT2D eigenvalue weighted by Crippen LogP contribution is 2.34. The first-order valence-electron chi connectivity index (χ1n) is 13.1. The minimum atomic E-state index is -3.89. The molecule has 1 aliphatic heterocycles. The van der Waals surface area contributed by atoms with Gasteiger partial charge in [0.2, 0.25) is 10.0 Å². The van der Waals surface area contributed by atoms with Crippen LogP contribution in [0.5, 0.6) is 0 Å². The lowest BCUT2D eigenvalue weighted by Crippen LogP contribution is -2.40. The first-order chi connectivity index (χ1) is 19.0. The number of nitrogens with zero attached hydrogens (tertiary/aromatic N) is 1. The van der Waals surface area contributed by atoms with Crippen molar-refractivity contribution in [3.63, 3.8) is 0 Å². The summed E-state index contributed by atoms with van der Waals surface area (Å²) < 4.78 is 43.1. The van der Waals surface area contributed by atoms with Crippen LogP contribution in [0.2, 0.25) is 0 Å². The highest BCUT2D eigenvalue weighted by Gasteiger charge is 2.33. The number of ketones is 1. The molecule has 1 saturated heterocycles. The van der Waals surface area contributed by atoms with E-state index in [1.54, 1.807) is 27.7 Å². The highest BCUT2D eigenvalue weighted by molar-refractivity contribution is 7.89. The van der Waals surface area contributed by atoms with E-state index in [0.717, 1.165) is 11.3 Å². The van der Waals surface area contributed by atoms with Crippen molar-refractivity contribution in [3.8, 4) is 0 Å². The Morgan fingerprint density at radius 1 is 0.975 bits per heavy atom. The third-order valence-corrected chi connectivity index (χ3v) is 9.49. The van der Waals surface area contributed by atoms with Gasteiger partial charge < -0.3 is 19.5 Å². The molecule has 0 bridgehead atoms. The van der Waals surface area contributed by atoms with E-state index < -0.39 is 27.7 Å². The first-order valence-corrected chi connectivity index (χ1v) is 15.3. The van der Waals surface area contributed by atoms with E-state index in [9.17, 15) is 27.6 Å². The minimum Gasteiger partial charge on any atom is -0.466 e. The summed E-state index contributed by atoms with van der Waals surface area (Å²) in [5.41, 5.74) is 0.688. The van der Waals surface area contributed by atoms with Crippen molar-refractivity contribution in [2.45, 2.75) is 45.4 Å². The Morgan fingerprint density at radius 2 is 1.60 bits per heavy atom. The van der Waals surface area contributed by atoms with Crippen LogP contribution in [-0.4, -0.2) is 75.9 Å². The van der Waals surface area contributed by atoms with E-state index in [1.165, 1.54) is 28.6 Å². The average molecular weight is 595 g/mol. The topological polar surface area (TPSA) is 145 Å². The Balaban J connectivity index is 1.75. The van der Waals surface area contributed by atoms with Gasteiger partial charge in [0.05, 0.1) is 42.7 Å². The normalized spacial score (nSPS) is 14.4. The first kappa shape index (κ1) is 31.2. The molecule has 1 aromatic heterocycles. The lowest BCUT2D eigenvalue weighted by molar-refractivity contribution is -0.149. The van der Waals surface area contributed by atoms with Crippen molar-refractivity contribution in [1.29, 1.82) is 0 Å². The molecule has 1 fully saturated rings. The molecule has 2 heterocycles. The third-order valence-electron chi connectivity index (χ3n) is 6.36. The smallest absolute Gasteiger partial charge is 0.348 e. The highest BCUT2D eigenvalue weighted by atomic mass is 32.2. The molecule has 13 heteroatoms. The summed E-state index contributed by atoms with van der Waals surface area (Å²) in [6.07, 6.45) is 0.717. The Bertz CT molecular complexity index is 1360. The Labute approximate surface area is 237 Å². The van der Waals surface area contributed by atoms with Crippen LogP contribution in [0.15, 0.2) is 29.2 Å². The molecule has 1 aliphatic rings. The second kappa shape index (κ2) is 13.9. The van der Waals surface area contributed by atoms with E-state index in [1.807, 2.05) is 0 Å². The molecule has 11 nitrogen and oxygen atoms in total. The second-order valence-electron chi connectivity index (χ2n) is 8.94. The van der Waals surface area contributed by atoms with Crippen LogP contribution in [0.3, 0.4) is 0 Å². The van der Waals surface area contributed by atoms with Crippen LogP contribution < -0.4 is 5.32 Å². The summed E-state index contributed by atoms with van der Waals surface area (Å²) in [5, 5.41) is 3.19. The Hall–Kier alpha value is -3.29. The zero-order valence-corrected chi connectivity index (χ0v) is 24.6. The number of anilines is 1. The summed E-state index contributed by atoms with van der Waals surface area (Å²) >= 11 is 0.983. The maximum Gasteiger partial charge on any atom is 0.348 e. The predicted molar refractivity (Wildman–Crippen MR) is 148 cm³/mol. The van der Waals surface area contributed by atoms with Crippen LogP contribution in [0.4, 0.5) is 5.00 Å². The molecule has 0 saturated carbocycles. The summed E-state index contributed by atoms with van der Waals surface area (Å²) in [4.78, 5) is 50.2. The molecular weight excluding hydrogens is 560 g/mol. The van der Waals surface area contributed by atoms with E-state index in [-0.39, 0.29) is 77.2 Å². The van der Waals surface area contributed by atoms with Gasteiger partial charge >= 0.3 is 17.9 Å². The number of carbonyl (C=O) groups excluding carboxylic acids is 4. The van der Waals surface area contributed by atoms with Gasteiger partial charge in [-0.1, -0.05) is 12.1 Å². The summed E-state index contributed by atoms with van der Waals surface area (Å²) in [5.74, 6) is -2.30. The van der Waals surface area contributed by atoms with Crippen LogP contribution in [0.1, 0.15) is 69.6 Å². The summed E-state index contributed by atoms with van der Waals surface area (Å²) in [6.45, 7) is 7.30. The molecule has 3 rings (SSSR count). The van der Waals surface area contributed by atoms with Gasteiger partial charge in [-0.25, -0.2) is 18.0 Å². The maximum absolute atomic E-state index is 13.3. The van der Waals surface area contributed by atoms with E-state index >= 15 is 0 Å². The van der Waals surface area contributed by atoms with Crippen molar-refractivity contribution in [1.82, 2.24) is 4.31 Å². The number of rotatable bonds is 12. The lowest BCUT2D eigenvalue weighted by Gasteiger charge is -2.30. The molecule has 0 amide bonds. The Kier molecular flexibility index (Phi) is 10.8. The maximum atomic E-state index is 13.3. The fourth-order valence-electron chi connectivity index (χ4n) is 4.31. The zero-order chi connectivity index (χ0) is 29.4. The van der Waals surface area contributed by atoms with Crippen LogP contribution in [0.25, 0.3) is 0 Å². The van der Waals surface area contributed by atoms with Gasteiger partial charge in [-0.3, -0.25) is 9.59 Å². The molecule has 0 spiro atoms. The Morgan fingerprint density at radius 3 is 2.23 bits per heavy atom. The molecule has 2 aromatic rings. The largest absolute Gasteiger partial charge is 0.466 e. The van der Waals surface area contributed by atoms with Crippen LogP contribution in [0, 0.1) is 12.8 Å².